The van der Waals surface area contributed by atoms with Crippen molar-refractivity contribution in [3.05, 3.63) is 30.0 Å². The van der Waals surface area contributed by atoms with Gasteiger partial charge in [0, 0.05) is 26.2 Å². The van der Waals surface area contributed by atoms with Crippen LogP contribution in [0.5, 0.6) is 0 Å². The number of rotatable bonds is 3. The summed E-state index contributed by atoms with van der Waals surface area (Å²) in [6.07, 6.45) is 1.92. The number of fused-ring (bicyclic) bond motifs is 1. The highest BCUT2D eigenvalue weighted by molar-refractivity contribution is 7.19. The van der Waals surface area contributed by atoms with Crippen LogP contribution in [-0.2, 0) is 0 Å². The topological polar surface area (TPSA) is 57.4 Å². The molecule has 0 saturated carbocycles. The molecule has 4 rings (SSSR count). The number of oxazole rings is 1. The Hall–Kier alpha value is -2.12. The van der Waals surface area contributed by atoms with Gasteiger partial charge < -0.3 is 14.2 Å². The van der Waals surface area contributed by atoms with Gasteiger partial charge in [-0.05, 0) is 31.7 Å². The summed E-state index contributed by atoms with van der Waals surface area (Å²) in [5.41, 5.74) is 2.81. The van der Waals surface area contributed by atoms with E-state index < -0.39 is 0 Å². The number of aromatic nitrogens is 2. The summed E-state index contributed by atoms with van der Waals surface area (Å²) < 4.78 is 5.75. The molecule has 1 N–H and O–H groups in total. The van der Waals surface area contributed by atoms with Gasteiger partial charge in [-0.1, -0.05) is 17.4 Å². The van der Waals surface area contributed by atoms with Crippen LogP contribution in [0.15, 0.2) is 28.8 Å². The molecule has 6 nitrogen and oxygen atoms in total. The van der Waals surface area contributed by atoms with Gasteiger partial charge in [0.25, 0.3) is 0 Å². The first-order valence-electron chi connectivity index (χ1n) is 7.71. The van der Waals surface area contributed by atoms with E-state index in [4.69, 9.17) is 4.42 Å². The Morgan fingerprint density at radius 2 is 2.04 bits per heavy atom. The van der Waals surface area contributed by atoms with Gasteiger partial charge in [-0.25, -0.2) is 4.98 Å². The molecule has 1 aromatic carbocycles. The predicted molar refractivity (Wildman–Crippen MR) is 93.9 cm³/mol. The third-order valence-corrected chi connectivity index (χ3v) is 5.04. The van der Waals surface area contributed by atoms with E-state index >= 15 is 0 Å². The van der Waals surface area contributed by atoms with Gasteiger partial charge in [-0.2, -0.15) is 4.98 Å². The molecular weight excluding hydrogens is 310 g/mol. The summed E-state index contributed by atoms with van der Waals surface area (Å²) in [7, 11) is 2.16. The molecule has 1 aliphatic rings. The van der Waals surface area contributed by atoms with Crippen LogP contribution in [0.25, 0.3) is 11.1 Å². The molecule has 23 heavy (non-hydrogen) atoms. The monoisotopic (exact) mass is 329 g/mol. The van der Waals surface area contributed by atoms with Crippen LogP contribution in [-0.4, -0.2) is 48.1 Å². The standard InChI is InChI=1S/C16H19N5OS/c1-11-3-4-12-13(9-11)22-15(18-12)19-16-17-10-14(23-16)21-7-5-20(2)6-8-21/h3-4,9-10H,5-8H2,1-2H3,(H,17,18,19). The maximum atomic E-state index is 5.75. The summed E-state index contributed by atoms with van der Waals surface area (Å²) in [6, 6.07) is 6.48. The zero-order valence-corrected chi connectivity index (χ0v) is 14.1. The number of anilines is 3. The maximum absolute atomic E-state index is 5.75. The first kappa shape index (κ1) is 14.5. The molecule has 0 unspecified atom stereocenters. The fourth-order valence-electron chi connectivity index (χ4n) is 2.67. The Morgan fingerprint density at radius 3 is 2.87 bits per heavy atom. The van der Waals surface area contributed by atoms with Crippen LogP contribution < -0.4 is 10.2 Å². The highest BCUT2D eigenvalue weighted by Crippen LogP contribution is 2.30. The Labute approximate surface area is 138 Å². The summed E-state index contributed by atoms with van der Waals surface area (Å²) >= 11 is 1.63. The number of hydrogen-bond acceptors (Lipinski definition) is 7. The highest BCUT2D eigenvalue weighted by Gasteiger charge is 2.17. The molecule has 0 spiro atoms. The smallest absolute Gasteiger partial charge is 0.302 e. The molecule has 3 aromatic rings. The van der Waals surface area contributed by atoms with Gasteiger partial charge in [0.1, 0.15) is 10.5 Å². The third kappa shape index (κ3) is 3.02. The largest absolute Gasteiger partial charge is 0.423 e. The number of nitrogens with one attached hydrogen (secondary N) is 1. The van der Waals surface area contributed by atoms with E-state index in [2.05, 4.69) is 32.1 Å². The molecule has 1 fully saturated rings. The lowest BCUT2D eigenvalue weighted by Gasteiger charge is -2.32. The van der Waals surface area contributed by atoms with Gasteiger partial charge in [0.15, 0.2) is 10.7 Å². The van der Waals surface area contributed by atoms with Crippen molar-refractivity contribution < 1.29 is 4.42 Å². The van der Waals surface area contributed by atoms with E-state index in [1.165, 1.54) is 5.00 Å². The van der Waals surface area contributed by atoms with Crippen LogP contribution in [0.4, 0.5) is 16.1 Å². The number of likely N-dealkylation sites (N-methyl/N-ethyl adjacent to an activating group) is 1. The summed E-state index contributed by atoms with van der Waals surface area (Å²) in [5, 5.41) is 5.17. The minimum atomic E-state index is 0.491. The van der Waals surface area contributed by atoms with Crippen LogP contribution in [0.1, 0.15) is 5.56 Å². The van der Waals surface area contributed by atoms with E-state index in [-0.39, 0.29) is 0 Å². The van der Waals surface area contributed by atoms with Crippen molar-refractivity contribution in [1.82, 2.24) is 14.9 Å². The molecule has 0 amide bonds. The SMILES string of the molecule is Cc1ccc2nc(Nc3ncc(N4CCN(C)CC4)s3)oc2c1. The molecule has 3 heterocycles. The van der Waals surface area contributed by atoms with Gasteiger partial charge in [-0.15, -0.1) is 0 Å². The summed E-state index contributed by atoms with van der Waals surface area (Å²) in [6.45, 7) is 6.30. The molecule has 7 heteroatoms. The van der Waals surface area contributed by atoms with E-state index in [0.717, 1.165) is 48.0 Å². The molecule has 2 aromatic heterocycles. The Bertz CT molecular complexity index is 819. The lowest BCUT2D eigenvalue weighted by atomic mass is 10.2. The molecule has 0 aliphatic carbocycles. The first-order valence-corrected chi connectivity index (χ1v) is 8.52. The van der Waals surface area contributed by atoms with Crippen molar-refractivity contribution in [3.8, 4) is 0 Å². The van der Waals surface area contributed by atoms with Crippen molar-refractivity contribution >= 4 is 38.6 Å². The van der Waals surface area contributed by atoms with Crippen molar-refractivity contribution in [2.45, 2.75) is 6.92 Å². The quantitative estimate of drug-likeness (QED) is 0.797. The minimum absolute atomic E-state index is 0.491. The van der Waals surface area contributed by atoms with Gasteiger partial charge in [-0.3, -0.25) is 5.32 Å². The Kier molecular flexibility index (Phi) is 3.66. The molecule has 120 valence electrons. The highest BCUT2D eigenvalue weighted by atomic mass is 32.1. The first-order chi connectivity index (χ1) is 11.2. The van der Waals surface area contributed by atoms with Gasteiger partial charge in [0.2, 0.25) is 0 Å². The number of hydrogen-bond donors (Lipinski definition) is 1. The molecular formula is C16H19N5OS. The molecule has 0 atom stereocenters. The Morgan fingerprint density at radius 1 is 1.22 bits per heavy atom. The maximum Gasteiger partial charge on any atom is 0.302 e. The molecule has 1 saturated heterocycles. The van der Waals surface area contributed by atoms with Gasteiger partial charge in [0.05, 0.1) is 6.20 Å². The number of thiazole rings is 1. The van der Waals surface area contributed by atoms with Crippen LogP contribution in [0.3, 0.4) is 0 Å². The van der Waals surface area contributed by atoms with Crippen molar-refractivity contribution in [2.24, 2.45) is 0 Å². The minimum Gasteiger partial charge on any atom is -0.423 e. The predicted octanol–water partition coefficient (Wildman–Crippen LogP) is 3.09. The van der Waals surface area contributed by atoms with Crippen LogP contribution in [0.2, 0.25) is 0 Å². The average Bonchev–Trinajstić information content (AvgIpc) is 3.14. The van der Waals surface area contributed by atoms with E-state index in [1.54, 1.807) is 11.3 Å². The fourth-order valence-corrected chi connectivity index (χ4v) is 3.53. The van der Waals surface area contributed by atoms with Gasteiger partial charge >= 0.3 is 6.01 Å². The van der Waals surface area contributed by atoms with Crippen LogP contribution in [0, 0.1) is 6.92 Å². The normalized spacial score (nSPS) is 16.2. The third-order valence-electron chi connectivity index (χ3n) is 4.07. The second-order valence-corrected chi connectivity index (χ2v) is 6.92. The molecule has 0 bridgehead atoms. The second-order valence-electron chi connectivity index (χ2n) is 5.91. The number of aryl methyl sites for hydroxylation is 1. The summed E-state index contributed by atoms with van der Waals surface area (Å²) in [5.74, 6) is 0. The zero-order chi connectivity index (χ0) is 15.8. The van der Waals surface area contributed by atoms with Crippen molar-refractivity contribution in [2.75, 3.05) is 43.4 Å². The lowest BCUT2D eigenvalue weighted by Crippen LogP contribution is -2.44. The number of nitrogens with zero attached hydrogens (tertiary/aromatic N) is 4. The fraction of sp³-hybridized carbons (Fsp3) is 0.375. The van der Waals surface area contributed by atoms with Crippen LogP contribution >= 0.6 is 11.3 Å². The molecule has 1 aliphatic heterocycles. The second kappa shape index (κ2) is 5.82. The number of piperazine rings is 1. The summed E-state index contributed by atoms with van der Waals surface area (Å²) in [4.78, 5) is 13.6. The lowest BCUT2D eigenvalue weighted by molar-refractivity contribution is 0.313. The van der Waals surface area contributed by atoms with Crippen molar-refractivity contribution in [1.29, 1.82) is 0 Å². The molecule has 0 radical (unpaired) electrons. The van der Waals surface area contributed by atoms with E-state index in [1.807, 2.05) is 31.3 Å². The van der Waals surface area contributed by atoms with E-state index in [9.17, 15) is 0 Å². The average molecular weight is 329 g/mol. The van der Waals surface area contributed by atoms with Crippen molar-refractivity contribution in [3.63, 3.8) is 0 Å². The number of benzene rings is 1. The van der Waals surface area contributed by atoms with E-state index in [0.29, 0.717) is 6.01 Å². The Balaban J connectivity index is 1.50. The zero-order valence-electron chi connectivity index (χ0n) is 13.2.